The molecule has 2 amide bonds. The van der Waals surface area contributed by atoms with Crippen LogP contribution >= 0.6 is 23.2 Å². The van der Waals surface area contributed by atoms with Gasteiger partial charge in [0.05, 0.1) is 41.3 Å². The number of carbonyl (C=O) groups is 3. The molecule has 3 N–H and O–H groups in total. The second kappa shape index (κ2) is 16.2. The molecule has 1 fully saturated rings. The lowest BCUT2D eigenvalue weighted by atomic mass is 10.0. The molecule has 4 aromatic rings. The van der Waals surface area contributed by atoms with Crippen molar-refractivity contribution >= 4 is 46.7 Å². The van der Waals surface area contributed by atoms with Crippen LogP contribution in [0.5, 0.6) is 5.75 Å². The van der Waals surface area contributed by atoms with Gasteiger partial charge in [-0.05, 0) is 37.6 Å². The summed E-state index contributed by atoms with van der Waals surface area (Å²) in [6.45, 7) is 3.41. The first-order chi connectivity index (χ1) is 24.7. The van der Waals surface area contributed by atoms with Gasteiger partial charge in [-0.25, -0.2) is 4.98 Å². The monoisotopic (exact) mass is 733 g/mol. The summed E-state index contributed by atoms with van der Waals surface area (Å²) in [5.41, 5.74) is 5.88. The van der Waals surface area contributed by atoms with Gasteiger partial charge >= 0.3 is 5.97 Å². The smallest absolute Gasteiger partial charge is 0.305 e. The Hall–Kier alpha value is -4.49. The van der Waals surface area contributed by atoms with E-state index in [1.807, 2.05) is 41.9 Å². The number of hydrogen-bond donors (Lipinski definition) is 3. The number of nitrogens with zero attached hydrogens (tertiary/aromatic N) is 4. The number of methoxy groups -OCH3 is 2. The van der Waals surface area contributed by atoms with Crippen LogP contribution in [0.25, 0.3) is 22.4 Å². The first-order valence-corrected chi connectivity index (χ1v) is 17.7. The van der Waals surface area contributed by atoms with Crippen LogP contribution in [0.4, 0.5) is 5.69 Å². The SMILES string of the molecule is COC(=O)CCCN1CCc2c(nc(C(=O)Nc3cccc(-c4ccnc(-c5ccc(CNC[C@H]6CCC(=O)N6)c(OC)c5)c4Cl)c3Cl)n2C)C1. The van der Waals surface area contributed by atoms with Crippen LogP contribution in [-0.4, -0.2) is 77.1 Å². The lowest BCUT2D eigenvalue weighted by Gasteiger charge is -2.26. The van der Waals surface area contributed by atoms with E-state index in [-0.39, 0.29) is 23.8 Å². The van der Waals surface area contributed by atoms with Gasteiger partial charge in [0.15, 0.2) is 5.82 Å². The average Bonchev–Trinajstić information content (AvgIpc) is 3.70. The molecule has 51 heavy (non-hydrogen) atoms. The summed E-state index contributed by atoms with van der Waals surface area (Å²) in [4.78, 5) is 48.1. The fourth-order valence-corrected chi connectivity index (χ4v) is 7.24. The highest BCUT2D eigenvalue weighted by molar-refractivity contribution is 6.39. The number of carbonyl (C=O) groups excluding carboxylic acids is 3. The summed E-state index contributed by atoms with van der Waals surface area (Å²) in [7, 11) is 4.86. The van der Waals surface area contributed by atoms with Gasteiger partial charge in [-0.15, -0.1) is 0 Å². The average molecular weight is 735 g/mol. The standard InChI is InChI=1S/C37H41Cl2N7O5/c1-45-29-14-17-46(16-5-8-32(48)51-3)21-28(29)43-36(45)37(49)44-27-7-4-6-25(33(27)38)26-13-15-41-35(34(26)39)22-9-10-23(30(18-22)50-2)19-40-20-24-11-12-31(47)42-24/h4,6-7,9-10,13,15,18,24,40H,5,8,11-12,14,16-17,19-21H2,1-3H3,(H,42,47)(H,44,49)/t24-/m1/s1. The van der Waals surface area contributed by atoms with Gasteiger partial charge < -0.3 is 30.0 Å². The number of fused-ring (bicyclic) bond motifs is 1. The molecule has 2 aliphatic rings. The molecular formula is C37H41Cl2N7O5. The van der Waals surface area contributed by atoms with Gasteiger partial charge in [-0.2, -0.15) is 0 Å². The normalized spacial score (nSPS) is 15.7. The van der Waals surface area contributed by atoms with Gasteiger partial charge in [-0.1, -0.05) is 47.5 Å². The zero-order valence-corrected chi connectivity index (χ0v) is 30.4. The highest BCUT2D eigenvalue weighted by atomic mass is 35.5. The quantitative estimate of drug-likeness (QED) is 0.154. The zero-order valence-electron chi connectivity index (χ0n) is 28.9. The molecule has 4 heterocycles. The van der Waals surface area contributed by atoms with Crippen LogP contribution in [0.1, 0.15) is 53.3 Å². The Morgan fingerprint density at radius 1 is 1.08 bits per heavy atom. The molecule has 2 aromatic heterocycles. The topological polar surface area (TPSA) is 140 Å². The maximum Gasteiger partial charge on any atom is 0.305 e. The minimum atomic E-state index is -0.376. The van der Waals surface area contributed by atoms with Crippen LogP contribution < -0.4 is 20.7 Å². The number of rotatable bonds is 13. The molecule has 0 radical (unpaired) electrons. The Labute approximate surface area is 306 Å². The fraction of sp³-hybridized carbons (Fsp3) is 0.378. The Balaban J connectivity index is 1.16. The number of halogens is 2. The summed E-state index contributed by atoms with van der Waals surface area (Å²) in [5, 5.41) is 10.1. The third kappa shape index (κ3) is 8.20. The molecule has 0 bridgehead atoms. The number of anilines is 1. The predicted molar refractivity (Wildman–Crippen MR) is 196 cm³/mol. The second-order valence-corrected chi connectivity index (χ2v) is 13.5. The minimum Gasteiger partial charge on any atom is -0.496 e. The van der Waals surface area contributed by atoms with Crippen molar-refractivity contribution in [3.8, 4) is 28.1 Å². The van der Waals surface area contributed by atoms with Gasteiger partial charge in [0.25, 0.3) is 5.91 Å². The molecule has 1 atom stereocenters. The number of pyridine rings is 1. The molecule has 0 aliphatic carbocycles. The Bertz CT molecular complexity index is 1950. The third-order valence-corrected chi connectivity index (χ3v) is 10.2. The summed E-state index contributed by atoms with van der Waals surface area (Å²) >= 11 is 14.0. The van der Waals surface area contributed by atoms with Crippen molar-refractivity contribution in [1.82, 2.24) is 30.1 Å². The van der Waals surface area contributed by atoms with Gasteiger partial charge in [-0.3, -0.25) is 24.3 Å². The highest BCUT2D eigenvalue weighted by Crippen LogP contribution is 2.41. The molecule has 0 spiro atoms. The molecule has 6 rings (SSSR count). The van der Waals surface area contributed by atoms with E-state index in [0.29, 0.717) is 83.0 Å². The van der Waals surface area contributed by atoms with E-state index < -0.39 is 0 Å². The number of imidazole rings is 1. The Kier molecular flexibility index (Phi) is 11.6. The van der Waals surface area contributed by atoms with E-state index >= 15 is 0 Å². The number of amides is 2. The first kappa shape index (κ1) is 36.3. The predicted octanol–water partition coefficient (Wildman–Crippen LogP) is 5.40. The summed E-state index contributed by atoms with van der Waals surface area (Å²) in [6.07, 6.45) is 4.88. The largest absolute Gasteiger partial charge is 0.496 e. The van der Waals surface area contributed by atoms with Crippen molar-refractivity contribution in [2.45, 2.75) is 51.2 Å². The number of nitrogens with one attached hydrogen (secondary N) is 3. The van der Waals surface area contributed by atoms with Gasteiger partial charge in [0.2, 0.25) is 5.91 Å². The van der Waals surface area contributed by atoms with Crippen molar-refractivity contribution < 1.29 is 23.9 Å². The Morgan fingerprint density at radius 2 is 1.90 bits per heavy atom. The third-order valence-electron chi connectivity index (χ3n) is 9.40. The number of hydrogen-bond acceptors (Lipinski definition) is 9. The van der Waals surface area contributed by atoms with Crippen LogP contribution in [-0.2, 0) is 40.9 Å². The van der Waals surface area contributed by atoms with Gasteiger partial charge in [0.1, 0.15) is 5.75 Å². The molecule has 14 heteroatoms. The fourth-order valence-electron chi connectivity index (χ4n) is 6.64. The van der Waals surface area contributed by atoms with E-state index in [9.17, 15) is 14.4 Å². The summed E-state index contributed by atoms with van der Waals surface area (Å²) in [5.74, 6) is 0.473. The van der Waals surface area contributed by atoms with E-state index in [2.05, 4.69) is 25.8 Å². The number of ether oxygens (including phenoxy) is 2. The first-order valence-electron chi connectivity index (χ1n) is 16.9. The molecule has 0 unspecified atom stereocenters. The summed E-state index contributed by atoms with van der Waals surface area (Å²) < 4.78 is 12.3. The van der Waals surface area contributed by atoms with Crippen LogP contribution in [0.2, 0.25) is 10.0 Å². The van der Waals surface area contributed by atoms with E-state index in [0.717, 1.165) is 48.4 Å². The number of aromatic nitrogens is 3. The molecule has 268 valence electrons. The van der Waals surface area contributed by atoms with Crippen LogP contribution in [0.15, 0.2) is 48.7 Å². The minimum absolute atomic E-state index is 0.0927. The van der Waals surface area contributed by atoms with E-state index in [4.69, 9.17) is 37.7 Å². The maximum atomic E-state index is 13.6. The number of esters is 1. The lowest BCUT2D eigenvalue weighted by molar-refractivity contribution is -0.140. The molecular weight excluding hydrogens is 693 g/mol. The zero-order chi connectivity index (χ0) is 36.1. The molecule has 12 nitrogen and oxygen atoms in total. The van der Waals surface area contributed by atoms with Crippen molar-refractivity contribution in [3.63, 3.8) is 0 Å². The van der Waals surface area contributed by atoms with E-state index in [1.54, 1.807) is 25.4 Å². The lowest BCUT2D eigenvalue weighted by Crippen LogP contribution is -2.35. The van der Waals surface area contributed by atoms with Crippen molar-refractivity contribution in [2.75, 3.05) is 39.2 Å². The van der Waals surface area contributed by atoms with Crippen molar-refractivity contribution in [2.24, 2.45) is 7.05 Å². The van der Waals surface area contributed by atoms with E-state index in [1.165, 1.54) is 7.11 Å². The molecule has 2 aliphatic heterocycles. The van der Waals surface area contributed by atoms with Crippen molar-refractivity contribution in [3.05, 3.63) is 81.5 Å². The maximum absolute atomic E-state index is 13.6. The van der Waals surface area contributed by atoms with Gasteiger partial charge in [0, 0.05) is 92.7 Å². The van der Waals surface area contributed by atoms with Crippen molar-refractivity contribution in [1.29, 1.82) is 0 Å². The summed E-state index contributed by atoms with van der Waals surface area (Å²) in [6, 6.07) is 13.1. The number of benzene rings is 2. The van der Waals surface area contributed by atoms with Crippen LogP contribution in [0.3, 0.4) is 0 Å². The molecule has 0 saturated carbocycles. The molecule has 1 saturated heterocycles. The molecule has 2 aromatic carbocycles. The second-order valence-electron chi connectivity index (χ2n) is 12.7. The highest BCUT2D eigenvalue weighted by Gasteiger charge is 2.26. The van der Waals surface area contributed by atoms with Crippen LogP contribution in [0, 0.1) is 0 Å². The Morgan fingerprint density at radius 3 is 2.67 bits per heavy atom.